The highest BCUT2D eigenvalue weighted by Crippen LogP contribution is 2.30. The van der Waals surface area contributed by atoms with Crippen molar-refractivity contribution in [2.45, 2.75) is 63.1 Å². The minimum Gasteiger partial charge on any atom is -0.391 e. The number of nitrogens with one attached hydrogen (secondary N) is 2. The Morgan fingerprint density at radius 1 is 1.26 bits per heavy atom. The lowest BCUT2D eigenvalue weighted by Gasteiger charge is -2.36. The molecule has 1 heterocycles. The van der Waals surface area contributed by atoms with E-state index in [0.717, 1.165) is 24.9 Å². The van der Waals surface area contributed by atoms with Crippen LogP contribution in [0.4, 0.5) is 0 Å². The summed E-state index contributed by atoms with van der Waals surface area (Å²) >= 11 is 0. The second kappa shape index (κ2) is 8.20. The zero-order valence-electron chi connectivity index (χ0n) is 12.2. The van der Waals surface area contributed by atoms with E-state index in [-0.39, 0.29) is 6.10 Å². The molecule has 112 valence electrons. The van der Waals surface area contributed by atoms with Crippen LogP contribution in [-0.4, -0.2) is 50.1 Å². The zero-order valence-corrected chi connectivity index (χ0v) is 12.2. The first-order valence-corrected chi connectivity index (χ1v) is 7.95. The fraction of sp³-hybridized carbons (Fsp3) is 1.00. The Morgan fingerprint density at radius 2 is 2.11 bits per heavy atom. The van der Waals surface area contributed by atoms with Gasteiger partial charge in [0.2, 0.25) is 0 Å². The first kappa shape index (κ1) is 15.2. The predicted octanol–water partition coefficient (Wildman–Crippen LogP) is 1.28. The molecule has 0 aromatic rings. The van der Waals surface area contributed by atoms with Gasteiger partial charge in [0, 0.05) is 19.2 Å². The number of hydrogen-bond donors (Lipinski definition) is 3. The van der Waals surface area contributed by atoms with Crippen LogP contribution in [0.15, 0.2) is 0 Å². The van der Waals surface area contributed by atoms with Crippen LogP contribution >= 0.6 is 0 Å². The first-order chi connectivity index (χ1) is 9.31. The molecule has 2 aliphatic rings. The van der Waals surface area contributed by atoms with Crippen molar-refractivity contribution in [3.63, 3.8) is 0 Å². The summed E-state index contributed by atoms with van der Waals surface area (Å²) < 4.78 is 4.96. The highest BCUT2D eigenvalue weighted by atomic mass is 16.5. The van der Waals surface area contributed by atoms with Crippen molar-refractivity contribution in [1.29, 1.82) is 0 Å². The Kier molecular flexibility index (Phi) is 6.57. The fourth-order valence-corrected chi connectivity index (χ4v) is 3.68. The average molecular weight is 270 g/mol. The molecular formula is C15H30N2O2. The molecule has 1 aliphatic heterocycles. The van der Waals surface area contributed by atoms with Gasteiger partial charge in [-0.15, -0.1) is 0 Å². The van der Waals surface area contributed by atoms with Crippen molar-refractivity contribution in [2.75, 3.05) is 26.8 Å². The molecule has 0 radical (unpaired) electrons. The van der Waals surface area contributed by atoms with Crippen molar-refractivity contribution < 1.29 is 9.84 Å². The van der Waals surface area contributed by atoms with Gasteiger partial charge in [-0.2, -0.15) is 0 Å². The molecule has 4 nitrogen and oxygen atoms in total. The van der Waals surface area contributed by atoms with Gasteiger partial charge in [-0.3, -0.25) is 0 Å². The molecule has 0 aromatic heterocycles. The lowest BCUT2D eigenvalue weighted by Crippen LogP contribution is -2.47. The largest absolute Gasteiger partial charge is 0.391 e. The normalized spacial score (nSPS) is 33.5. The third kappa shape index (κ3) is 4.71. The summed E-state index contributed by atoms with van der Waals surface area (Å²) in [6.07, 6.45) is 8.52. The van der Waals surface area contributed by atoms with Crippen LogP contribution in [0.25, 0.3) is 0 Å². The molecule has 0 spiro atoms. The van der Waals surface area contributed by atoms with Crippen molar-refractivity contribution in [1.82, 2.24) is 10.6 Å². The molecule has 19 heavy (non-hydrogen) atoms. The quantitative estimate of drug-likeness (QED) is 0.652. The second-order valence-corrected chi connectivity index (χ2v) is 6.11. The SMILES string of the molecule is COCC(O)CCNC1CCCCC1C1CCCN1. The van der Waals surface area contributed by atoms with Crippen LogP contribution in [0.1, 0.15) is 44.9 Å². The van der Waals surface area contributed by atoms with Gasteiger partial charge in [0.05, 0.1) is 12.7 Å². The summed E-state index contributed by atoms with van der Waals surface area (Å²) in [7, 11) is 1.64. The van der Waals surface area contributed by atoms with Gasteiger partial charge in [0.25, 0.3) is 0 Å². The van der Waals surface area contributed by atoms with Crippen molar-refractivity contribution >= 4 is 0 Å². The fourth-order valence-electron chi connectivity index (χ4n) is 3.68. The maximum Gasteiger partial charge on any atom is 0.0785 e. The van der Waals surface area contributed by atoms with Gasteiger partial charge in [0.1, 0.15) is 0 Å². The maximum absolute atomic E-state index is 9.68. The monoisotopic (exact) mass is 270 g/mol. The van der Waals surface area contributed by atoms with E-state index in [4.69, 9.17) is 4.74 Å². The number of ether oxygens (including phenoxy) is 1. The van der Waals surface area contributed by atoms with Crippen LogP contribution in [0.5, 0.6) is 0 Å². The van der Waals surface area contributed by atoms with Gasteiger partial charge in [-0.05, 0) is 51.1 Å². The van der Waals surface area contributed by atoms with Crippen LogP contribution < -0.4 is 10.6 Å². The number of methoxy groups -OCH3 is 1. The Labute approximate surface area is 117 Å². The topological polar surface area (TPSA) is 53.5 Å². The molecule has 0 amide bonds. The molecule has 3 N–H and O–H groups in total. The summed E-state index contributed by atoms with van der Waals surface area (Å²) in [5.74, 6) is 0.788. The lowest BCUT2D eigenvalue weighted by molar-refractivity contribution is 0.0578. The summed E-state index contributed by atoms with van der Waals surface area (Å²) in [5.41, 5.74) is 0. The Hall–Kier alpha value is -0.160. The van der Waals surface area contributed by atoms with E-state index in [2.05, 4.69) is 10.6 Å². The van der Waals surface area contributed by atoms with Crippen LogP contribution in [0.2, 0.25) is 0 Å². The number of rotatable bonds is 7. The molecule has 0 bridgehead atoms. The van der Waals surface area contributed by atoms with E-state index in [9.17, 15) is 5.11 Å². The molecule has 4 heteroatoms. The number of aliphatic hydroxyl groups is 1. The van der Waals surface area contributed by atoms with Gasteiger partial charge in [0.15, 0.2) is 0 Å². The molecular weight excluding hydrogens is 240 g/mol. The van der Waals surface area contributed by atoms with E-state index in [1.807, 2.05) is 0 Å². The average Bonchev–Trinajstić information content (AvgIpc) is 2.93. The summed E-state index contributed by atoms with van der Waals surface area (Å²) in [5, 5.41) is 17.0. The maximum atomic E-state index is 9.68. The molecule has 0 aromatic carbocycles. The van der Waals surface area contributed by atoms with Crippen molar-refractivity contribution in [3.05, 3.63) is 0 Å². The van der Waals surface area contributed by atoms with E-state index in [1.165, 1.54) is 45.1 Å². The molecule has 4 unspecified atom stereocenters. The Balaban J connectivity index is 1.72. The molecule has 4 atom stereocenters. The minimum atomic E-state index is -0.329. The second-order valence-electron chi connectivity index (χ2n) is 6.11. The highest BCUT2D eigenvalue weighted by Gasteiger charge is 2.32. The van der Waals surface area contributed by atoms with Crippen LogP contribution in [-0.2, 0) is 4.74 Å². The van der Waals surface area contributed by atoms with E-state index in [1.54, 1.807) is 7.11 Å². The number of hydrogen-bond acceptors (Lipinski definition) is 4. The molecule has 1 saturated heterocycles. The van der Waals surface area contributed by atoms with Crippen molar-refractivity contribution in [2.24, 2.45) is 5.92 Å². The molecule has 2 fully saturated rings. The van der Waals surface area contributed by atoms with Crippen LogP contribution in [0, 0.1) is 5.92 Å². The van der Waals surface area contributed by atoms with E-state index >= 15 is 0 Å². The molecule has 2 rings (SSSR count). The summed E-state index contributed by atoms with van der Waals surface area (Å²) in [6, 6.07) is 1.36. The van der Waals surface area contributed by atoms with Gasteiger partial charge in [-0.25, -0.2) is 0 Å². The highest BCUT2D eigenvalue weighted by molar-refractivity contribution is 4.91. The van der Waals surface area contributed by atoms with Gasteiger partial charge < -0.3 is 20.5 Å². The van der Waals surface area contributed by atoms with Gasteiger partial charge in [-0.1, -0.05) is 12.8 Å². The van der Waals surface area contributed by atoms with E-state index in [0.29, 0.717) is 12.6 Å². The predicted molar refractivity (Wildman–Crippen MR) is 77.3 cm³/mol. The minimum absolute atomic E-state index is 0.329. The summed E-state index contributed by atoms with van der Waals surface area (Å²) in [4.78, 5) is 0. The molecule has 1 aliphatic carbocycles. The Morgan fingerprint density at radius 3 is 2.84 bits per heavy atom. The smallest absolute Gasteiger partial charge is 0.0785 e. The van der Waals surface area contributed by atoms with Gasteiger partial charge >= 0.3 is 0 Å². The molecule has 1 saturated carbocycles. The standard InChI is InChI=1S/C15H30N2O2/c1-19-11-12(18)8-10-17-14-6-3-2-5-13(14)15-7-4-9-16-15/h12-18H,2-11H2,1H3. The third-order valence-electron chi connectivity index (χ3n) is 4.68. The van der Waals surface area contributed by atoms with Crippen molar-refractivity contribution in [3.8, 4) is 0 Å². The number of aliphatic hydroxyl groups excluding tert-OH is 1. The summed E-state index contributed by atoms with van der Waals surface area (Å²) in [6.45, 7) is 2.54. The Bertz CT molecular complexity index is 244. The van der Waals surface area contributed by atoms with Crippen LogP contribution in [0.3, 0.4) is 0 Å². The van der Waals surface area contributed by atoms with E-state index < -0.39 is 0 Å². The third-order valence-corrected chi connectivity index (χ3v) is 4.68. The lowest BCUT2D eigenvalue weighted by atomic mass is 9.79. The zero-order chi connectivity index (χ0) is 13.5. The first-order valence-electron chi connectivity index (χ1n) is 7.95.